The molecule has 0 saturated carbocycles. The van der Waals surface area contributed by atoms with Crippen LogP contribution in [-0.4, -0.2) is 67.1 Å². The van der Waals surface area contributed by atoms with Crippen molar-refractivity contribution in [1.29, 1.82) is 0 Å². The number of nitrogens with zero attached hydrogens (tertiary/aromatic N) is 4. The Labute approximate surface area is 254 Å². The smallest absolute Gasteiger partial charge is 0.337 e. The third-order valence-corrected chi connectivity index (χ3v) is 8.77. The first-order chi connectivity index (χ1) is 21.2. The summed E-state index contributed by atoms with van der Waals surface area (Å²) >= 11 is 0. The van der Waals surface area contributed by atoms with Crippen LogP contribution in [0.15, 0.2) is 71.7 Å². The van der Waals surface area contributed by atoms with E-state index in [0.717, 1.165) is 25.9 Å². The lowest BCUT2D eigenvalue weighted by Crippen LogP contribution is -2.36. The van der Waals surface area contributed by atoms with Gasteiger partial charge in [-0.25, -0.2) is 4.79 Å². The number of ether oxygens (including phenoxy) is 1. The number of hydrogen-bond acceptors (Lipinski definition) is 8. The molecular weight excluding hydrogens is 562 g/mol. The fourth-order valence-electron chi connectivity index (χ4n) is 6.36. The standard InChI is InChI=1S/C33H33N5O6/c1-36-14-12-20(13-15-36)16-29(39)37-19-28(38(42)43)25-18-23(9-11-27(25)37)34-31(21-6-4-3-5-7-21)30-24-10-8-22(33(41)44-2)17-26(24)35-32(30)40/h3-11,17-18,20,28,30H,12-16,19H2,1-2H3,(H,35,40). The summed E-state index contributed by atoms with van der Waals surface area (Å²) in [6.45, 7) is 1.85. The molecule has 6 rings (SSSR count). The first kappa shape index (κ1) is 29.2. The molecule has 1 saturated heterocycles. The number of piperidine rings is 1. The van der Waals surface area contributed by atoms with Gasteiger partial charge in [-0.05, 0) is 80.4 Å². The molecule has 3 aliphatic rings. The lowest BCUT2D eigenvalue weighted by atomic mass is 9.90. The average molecular weight is 596 g/mol. The minimum Gasteiger partial charge on any atom is -0.465 e. The molecule has 0 bridgehead atoms. The van der Waals surface area contributed by atoms with E-state index in [9.17, 15) is 24.5 Å². The largest absolute Gasteiger partial charge is 0.465 e. The number of anilines is 2. The van der Waals surface area contributed by atoms with Crippen molar-refractivity contribution in [2.75, 3.05) is 44.0 Å². The number of hydrogen-bond donors (Lipinski definition) is 1. The zero-order valence-electron chi connectivity index (χ0n) is 24.6. The van der Waals surface area contributed by atoms with Crippen molar-refractivity contribution in [1.82, 2.24) is 4.90 Å². The first-order valence-corrected chi connectivity index (χ1v) is 14.7. The van der Waals surface area contributed by atoms with Gasteiger partial charge in [0.1, 0.15) is 5.92 Å². The molecule has 3 heterocycles. The molecule has 0 aromatic heterocycles. The summed E-state index contributed by atoms with van der Waals surface area (Å²) in [6.07, 6.45) is 2.22. The normalized spacial score (nSPS) is 20.2. The Morgan fingerprint density at radius 2 is 1.77 bits per heavy atom. The Morgan fingerprint density at radius 3 is 2.48 bits per heavy atom. The minimum absolute atomic E-state index is 0.0204. The van der Waals surface area contributed by atoms with Gasteiger partial charge < -0.3 is 19.9 Å². The fourth-order valence-corrected chi connectivity index (χ4v) is 6.36. The summed E-state index contributed by atoms with van der Waals surface area (Å²) in [5.74, 6) is -1.44. The molecule has 2 unspecified atom stereocenters. The number of rotatable bonds is 7. The molecule has 3 aromatic carbocycles. The summed E-state index contributed by atoms with van der Waals surface area (Å²) in [4.78, 5) is 59.3. The number of likely N-dealkylation sites (tertiary alicyclic amines) is 1. The van der Waals surface area contributed by atoms with Gasteiger partial charge in [0.25, 0.3) is 6.04 Å². The van der Waals surface area contributed by atoms with Crippen LogP contribution in [-0.2, 0) is 14.3 Å². The molecule has 11 heteroatoms. The van der Waals surface area contributed by atoms with Gasteiger partial charge in [0.05, 0.1) is 41.9 Å². The zero-order valence-corrected chi connectivity index (χ0v) is 24.6. The van der Waals surface area contributed by atoms with Gasteiger partial charge >= 0.3 is 5.97 Å². The minimum atomic E-state index is -1.07. The molecule has 11 nitrogen and oxygen atoms in total. The maximum Gasteiger partial charge on any atom is 0.337 e. The number of aliphatic imine (C=N–C) groups is 1. The molecule has 1 N–H and O–H groups in total. The van der Waals surface area contributed by atoms with Gasteiger partial charge in [0.2, 0.25) is 11.8 Å². The second-order valence-corrected chi connectivity index (χ2v) is 11.6. The van der Waals surface area contributed by atoms with Gasteiger partial charge in [-0.2, -0.15) is 0 Å². The number of fused-ring (bicyclic) bond motifs is 2. The number of esters is 1. The number of carbonyl (C=O) groups excluding carboxylic acids is 3. The van der Waals surface area contributed by atoms with Crippen molar-refractivity contribution >= 4 is 40.6 Å². The first-order valence-electron chi connectivity index (χ1n) is 14.7. The number of benzene rings is 3. The average Bonchev–Trinajstić information content (AvgIpc) is 3.57. The molecule has 2 atom stereocenters. The van der Waals surface area contributed by atoms with Crippen molar-refractivity contribution in [2.24, 2.45) is 10.9 Å². The third-order valence-electron chi connectivity index (χ3n) is 8.77. The topological polar surface area (TPSA) is 134 Å². The maximum atomic E-state index is 13.4. The van der Waals surface area contributed by atoms with E-state index in [-0.39, 0.29) is 29.2 Å². The monoisotopic (exact) mass is 595 g/mol. The molecule has 226 valence electrons. The van der Waals surface area contributed by atoms with Crippen molar-refractivity contribution in [3.63, 3.8) is 0 Å². The zero-order chi connectivity index (χ0) is 31.0. The van der Waals surface area contributed by atoms with E-state index in [1.54, 1.807) is 41.3 Å². The highest BCUT2D eigenvalue weighted by Gasteiger charge is 2.41. The number of nitrogens with one attached hydrogen (secondary N) is 1. The molecule has 3 aromatic rings. The van der Waals surface area contributed by atoms with Crippen LogP contribution in [0.1, 0.15) is 58.3 Å². The predicted octanol–water partition coefficient (Wildman–Crippen LogP) is 4.73. The van der Waals surface area contributed by atoms with Crippen molar-refractivity contribution in [3.8, 4) is 0 Å². The molecule has 0 radical (unpaired) electrons. The van der Waals surface area contributed by atoms with E-state index in [1.165, 1.54) is 7.11 Å². The van der Waals surface area contributed by atoms with Crippen LogP contribution in [0.2, 0.25) is 0 Å². The summed E-state index contributed by atoms with van der Waals surface area (Å²) in [6, 6.07) is 18.2. The Hall–Kier alpha value is -4.90. The number of carbonyl (C=O) groups is 3. The van der Waals surface area contributed by atoms with E-state index in [1.807, 2.05) is 30.3 Å². The van der Waals surface area contributed by atoms with E-state index in [4.69, 9.17) is 9.73 Å². The second kappa shape index (κ2) is 12.0. The highest BCUT2D eigenvalue weighted by atomic mass is 16.6. The summed E-state index contributed by atoms with van der Waals surface area (Å²) in [5, 5.41) is 15.0. The molecule has 44 heavy (non-hydrogen) atoms. The van der Waals surface area contributed by atoms with E-state index in [2.05, 4.69) is 17.3 Å². The van der Waals surface area contributed by atoms with Gasteiger partial charge in [0, 0.05) is 17.0 Å². The summed E-state index contributed by atoms with van der Waals surface area (Å²) in [7, 11) is 3.36. The Bertz CT molecular complexity index is 1660. The number of nitro groups is 1. The lowest BCUT2D eigenvalue weighted by molar-refractivity contribution is -0.524. The van der Waals surface area contributed by atoms with Crippen molar-refractivity contribution in [2.45, 2.75) is 31.2 Å². The maximum absolute atomic E-state index is 13.4. The van der Waals surface area contributed by atoms with Gasteiger partial charge in [-0.3, -0.25) is 24.7 Å². The molecule has 3 aliphatic heterocycles. The lowest BCUT2D eigenvalue weighted by Gasteiger charge is -2.29. The van der Waals surface area contributed by atoms with Crippen molar-refractivity contribution in [3.05, 3.63) is 99.1 Å². The molecular formula is C33H33N5O6. The second-order valence-electron chi connectivity index (χ2n) is 11.6. The van der Waals surface area contributed by atoms with Crippen LogP contribution >= 0.6 is 0 Å². The third kappa shape index (κ3) is 5.58. The van der Waals surface area contributed by atoms with Gasteiger partial charge in [0.15, 0.2) is 0 Å². The van der Waals surface area contributed by atoms with Crippen LogP contribution in [0.5, 0.6) is 0 Å². The van der Waals surface area contributed by atoms with Gasteiger partial charge in [-0.1, -0.05) is 36.4 Å². The summed E-state index contributed by atoms with van der Waals surface area (Å²) in [5.41, 5.74) is 4.02. The van der Waals surface area contributed by atoms with Crippen molar-refractivity contribution < 1.29 is 24.0 Å². The Kier molecular flexibility index (Phi) is 7.96. The fraction of sp³-hybridized carbons (Fsp3) is 0.333. The molecule has 1 fully saturated rings. The van der Waals surface area contributed by atoms with Crippen LogP contribution in [0.25, 0.3) is 0 Å². The quantitative estimate of drug-likeness (QED) is 0.181. The van der Waals surface area contributed by atoms with Crippen LogP contribution in [0.3, 0.4) is 0 Å². The van der Waals surface area contributed by atoms with Crippen LogP contribution < -0.4 is 10.2 Å². The number of amides is 2. The van der Waals surface area contributed by atoms with E-state index >= 15 is 0 Å². The van der Waals surface area contributed by atoms with E-state index < -0.39 is 17.9 Å². The predicted molar refractivity (Wildman–Crippen MR) is 165 cm³/mol. The number of methoxy groups -OCH3 is 1. The van der Waals surface area contributed by atoms with E-state index in [0.29, 0.717) is 51.4 Å². The van der Waals surface area contributed by atoms with Crippen LogP contribution in [0.4, 0.5) is 17.1 Å². The summed E-state index contributed by atoms with van der Waals surface area (Å²) < 4.78 is 4.82. The Morgan fingerprint density at radius 1 is 1.02 bits per heavy atom. The molecule has 2 amide bonds. The SMILES string of the molecule is COC(=O)c1ccc2c(c1)NC(=O)C2C(=Nc1ccc2c(c1)C([N+](=O)[O-])CN2C(=O)CC1CCN(C)CC1)c1ccccc1. The molecule has 0 spiro atoms. The Balaban J connectivity index is 1.36. The highest BCUT2D eigenvalue weighted by molar-refractivity contribution is 6.24. The highest BCUT2D eigenvalue weighted by Crippen LogP contribution is 2.41. The van der Waals surface area contributed by atoms with Gasteiger partial charge in [-0.15, -0.1) is 0 Å². The van der Waals surface area contributed by atoms with Crippen LogP contribution in [0, 0.1) is 16.0 Å². The molecule has 0 aliphatic carbocycles.